The van der Waals surface area contributed by atoms with E-state index in [0.717, 1.165) is 38.4 Å². The van der Waals surface area contributed by atoms with Crippen molar-refractivity contribution in [1.29, 1.82) is 0 Å². The first-order valence-corrected chi connectivity index (χ1v) is 7.05. The zero-order chi connectivity index (χ0) is 14.5. The van der Waals surface area contributed by atoms with Crippen molar-refractivity contribution in [2.24, 2.45) is 11.7 Å². The molecule has 0 unspecified atom stereocenters. The third kappa shape index (κ3) is 3.77. The van der Waals surface area contributed by atoms with Gasteiger partial charge in [0.15, 0.2) is 0 Å². The van der Waals surface area contributed by atoms with Crippen LogP contribution in [0.25, 0.3) is 0 Å². The number of nitrogens with two attached hydrogens (primary N) is 1. The molecule has 3 N–H and O–H groups in total. The summed E-state index contributed by atoms with van der Waals surface area (Å²) in [7, 11) is 1.97. The molecule has 1 aromatic rings. The largest absolute Gasteiger partial charge is 0.366 e. The van der Waals surface area contributed by atoms with Crippen LogP contribution < -0.4 is 11.1 Å². The Bertz CT molecular complexity index is 470. The number of hydrogen-bond acceptors (Lipinski definition) is 3. The summed E-state index contributed by atoms with van der Waals surface area (Å²) < 4.78 is 13.9. The predicted octanol–water partition coefficient (Wildman–Crippen LogP) is 1.36. The Kier molecular flexibility index (Phi) is 5.09. The smallest absolute Gasteiger partial charge is 0.248 e. The minimum Gasteiger partial charge on any atom is -0.366 e. The first-order chi connectivity index (χ1) is 9.60. The number of hydrogen-bond donors (Lipinski definition) is 2. The quantitative estimate of drug-likeness (QED) is 0.855. The standard InChI is InChI=1S/C15H22FN3O/c1-18-9-11-4-6-19(7-5-11)10-13-3-2-12(15(17)20)8-14(13)16/h2-3,8,11,18H,4-7,9-10H2,1H3,(H2,17,20). The molecule has 1 heterocycles. The van der Waals surface area contributed by atoms with Gasteiger partial charge in [0.25, 0.3) is 0 Å². The van der Waals surface area contributed by atoms with Gasteiger partial charge in [0.2, 0.25) is 5.91 Å². The van der Waals surface area contributed by atoms with E-state index in [1.807, 2.05) is 7.05 Å². The Morgan fingerprint density at radius 1 is 1.45 bits per heavy atom. The summed E-state index contributed by atoms with van der Waals surface area (Å²) in [5.41, 5.74) is 5.99. The van der Waals surface area contributed by atoms with Crippen molar-refractivity contribution in [2.45, 2.75) is 19.4 Å². The second kappa shape index (κ2) is 6.81. The third-order valence-electron chi connectivity index (χ3n) is 3.93. The molecule has 20 heavy (non-hydrogen) atoms. The lowest BCUT2D eigenvalue weighted by molar-refractivity contribution is 0.0999. The highest BCUT2D eigenvalue weighted by atomic mass is 19.1. The van der Waals surface area contributed by atoms with Crippen LogP contribution in [-0.4, -0.2) is 37.5 Å². The Hall–Kier alpha value is -1.46. The van der Waals surface area contributed by atoms with E-state index in [1.165, 1.54) is 6.07 Å². The van der Waals surface area contributed by atoms with Crippen molar-refractivity contribution in [1.82, 2.24) is 10.2 Å². The van der Waals surface area contributed by atoms with E-state index in [4.69, 9.17) is 5.73 Å². The van der Waals surface area contributed by atoms with Crippen LogP contribution in [0, 0.1) is 11.7 Å². The highest BCUT2D eigenvalue weighted by Crippen LogP contribution is 2.20. The number of rotatable bonds is 5. The highest BCUT2D eigenvalue weighted by molar-refractivity contribution is 5.92. The molecular formula is C15H22FN3O. The first-order valence-electron chi connectivity index (χ1n) is 7.05. The van der Waals surface area contributed by atoms with Crippen LogP contribution in [0.5, 0.6) is 0 Å². The summed E-state index contributed by atoms with van der Waals surface area (Å²) in [6, 6.07) is 4.48. The molecule has 0 aromatic heterocycles. The van der Waals surface area contributed by atoms with Crippen LogP contribution in [0.3, 0.4) is 0 Å². The monoisotopic (exact) mass is 279 g/mol. The Morgan fingerprint density at radius 2 is 2.15 bits per heavy atom. The molecule has 1 aromatic carbocycles. The van der Waals surface area contributed by atoms with Crippen molar-refractivity contribution in [2.75, 3.05) is 26.7 Å². The second-order valence-corrected chi connectivity index (χ2v) is 5.45. The van der Waals surface area contributed by atoms with Crippen molar-refractivity contribution in [3.8, 4) is 0 Å². The fourth-order valence-electron chi connectivity index (χ4n) is 2.71. The van der Waals surface area contributed by atoms with Gasteiger partial charge in [-0.05, 0) is 57.6 Å². The van der Waals surface area contributed by atoms with Crippen molar-refractivity contribution in [3.05, 3.63) is 35.1 Å². The highest BCUT2D eigenvalue weighted by Gasteiger charge is 2.19. The summed E-state index contributed by atoms with van der Waals surface area (Å²) in [6.07, 6.45) is 2.28. The van der Waals surface area contributed by atoms with Crippen molar-refractivity contribution < 1.29 is 9.18 Å². The maximum absolute atomic E-state index is 13.9. The molecule has 0 aliphatic carbocycles. The summed E-state index contributed by atoms with van der Waals surface area (Å²) in [4.78, 5) is 13.2. The summed E-state index contributed by atoms with van der Waals surface area (Å²) in [6.45, 7) is 3.62. The van der Waals surface area contributed by atoms with Gasteiger partial charge in [0, 0.05) is 17.7 Å². The number of nitrogens with one attached hydrogen (secondary N) is 1. The molecule has 1 aliphatic heterocycles. The van der Waals surface area contributed by atoms with Gasteiger partial charge in [0.1, 0.15) is 5.82 Å². The van der Waals surface area contributed by atoms with Gasteiger partial charge in [0.05, 0.1) is 0 Å². The first kappa shape index (κ1) is 14.9. The third-order valence-corrected chi connectivity index (χ3v) is 3.93. The van der Waals surface area contributed by atoms with E-state index in [-0.39, 0.29) is 11.4 Å². The number of amides is 1. The minimum absolute atomic E-state index is 0.221. The van der Waals surface area contributed by atoms with Crippen molar-refractivity contribution in [3.63, 3.8) is 0 Å². The molecule has 110 valence electrons. The molecule has 1 amide bonds. The van der Waals surface area contributed by atoms with Gasteiger partial charge in [-0.3, -0.25) is 9.69 Å². The molecule has 4 nitrogen and oxygen atoms in total. The van der Waals surface area contributed by atoms with Gasteiger partial charge in [-0.2, -0.15) is 0 Å². The predicted molar refractivity (Wildman–Crippen MR) is 76.8 cm³/mol. The van der Waals surface area contributed by atoms with Crippen LogP contribution >= 0.6 is 0 Å². The van der Waals surface area contributed by atoms with Gasteiger partial charge in [-0.25, -0.2) is 4.39 Å². The lowest BCUT2D eigenvalue weighted by Crippen LogP contribution is -2.36. The molecule has 0 radical (unpaired) electrons. The van der Waals surface area contributed by atoms with E-state index >= 15 is 0 Å². The fourth-order valence-corrected chi connectivity index (χ4v) is 2.71. The van der Waals surface area contributed by atoms with Crippen LogP contribution in [0.15, 0.2) is 18.2 Å². The van der Waals surface area contributed by atoms with E-state index < -0.39 is 5.91 Å². The van der Waals surface area contributed by atoms with E-state index in [9.17, 15) is 9.18 Å². The minimum atomic E-state index is -0.594. The van der Waals surface area contributed by atoms with Crippen LogP contribution in [0.4, 0.5) is 4.39 Å². The number of likely N-dealkylation sites (tertiary alicyclic amines) is 1. The number of piperidine rings is 1. The average Bonchev–Trinajstić information content (AvgIpc) is 2.43. The van der Waals surface area contributed by atoms with E-state index in [1.54, 1.807) is 12.1 Å². The molecule has 1 saturated heterocycles. The lowest BCUT2D eigenvalue weighted by Gasteiger charge is -2.32. The second-order valence-electron chi connectivity index (χ2n) is 5.45. The van der Waals surface area contributed by atoms with Crippen molar-refractivity contribution >= 4 is 5.91 Å². The lowest BCUT2D eigenvalue weighted by atomic mass is 9.96. The number of halogens is 1. The number of primary amides is 1. The summed E-state index contributed by atoms with van der Waals surface area (Å²) in [5.74, 6) is -0.222. The van der Waals surface area contributed by atoms with Gasteiger partial charge >= 0.3 is 0 Å². The van der Waals surface area contributed by atoms with Crippen LogP contribution in [-0.2, 0) is 6.54 Å². The van der Waals surface area contributed by atoms with Crippen LogP contribution in [0.2, 0.25) is 0 Å². The maximum Gasteiger partial charge on any atom is 0.248 e. The van der Waals surface area contributed by atoms with Crippen LogP contribution in [0.1, 0.15) is 28.8 Å². The maximum atomic E-state index is 13.9. The Balaban J connectivity index is 1.93. The molecule has 0 saturated carbocycles. The number of benzene rings is 1. The summed E-state index contributed by atoms with van der Waals surface area (Å²) in [5, 5.41) is 3.21. The van der Waals surface area contributed by atoms with E-state index in [0.29, 0.717) is 12.1 Å². The molecule has 1 aliphatic rings. The SMILES string of the molecule is CNCC1CCN(Cc2ccc(C(N)=O)cc2F)CC1. The number of carbonyl (C=O) groups excluding carboxylic acids is 1. The molecule has 2 rings (SSSR count). The Morgan fingerprint density at radius 3 is 2.70 bits per heavy atom. The van der Waals surface area contributed by atoms with Gasteiger partial charge < -0.3 is 11.1 Å². The van der Waals surface area contributed by atoms with Gasteiger partial charge in [-0.1, -0.05) is 6.07 Å². The molecule has 0 atom stereocenters. The topological polar surface area (TPSA) is 58.4 Å². The molecule has 5 heteroatoms. The number of nitrogens with zero attached hydrogens (tertiary/aromatic N) is 1. The molecular weight excluding hydrogens is 257 g/mol. The average molecular weight is 279 g/mol. The molecule has 0 bridgehead atoms. The molecule has 0 spiro atoms. The number of carbonyl (C=O) groups is 1. The fraction of sp³-hybridized carbons (Fsp3) is 0.533. The zero-order valence-electron chi connectivity index (χ0n) is 11.9. The Labute approximate surface area is 119 Å². The normalized spacial score (nSPS) is 17.3. The zero-order valence-corrected chi connectivity index (χ0v) is 11.9. The summed E-state index contributed by atoms with van der Waals surface area (Å²) >= 11 is 0. The van der Waals surface area contributed by atoms with Gasteiger partial charge in [-0.15, -0.1) is 0 Å². The van der Waals surface area contributed by atoms with E-state index in [2.05, 4.69) is 10.2 Å². The molecule has 1 fully saturated rings.